The average Bonchev–Trinajstić information content (AvgIpc) is 2.91. The van der Waals surface area contributed by atoms with Gasteiger partial charge in [0.2, 0.25) is 0 Å². The van der Waals surface area contributed by atoms with Gasteiger partial charge in [-0.3, -0.25) is 0 Å². The molecular formula is C14H18ClN3O2. The zero-order chi connectivity index (χ0) is 13.9. The number of nitrogens with zero attached hydrogens (tertiary/aromatic N) is 3. The average molecular weight is 296 g/mol. The van der Waals surface area contributed by atoms with Crippen LogP contribution in [0, 0.1) is 0 Å². The molecule has 20 heavy (non-hydrogen) atoms. The third kappa shape index (κ3) is 2.80. The molecule has 3 heterocycles. The van der Waals surface area contributed by atoms with Crippen molar-refractivity contribution in [2.75, 3.05) is 13.2 Å². The van der Waals surface area contributed by atoms with Gasteiger partial charge in [0.05, 0.1) is 18.0 Å². The van der Waals surface area contributed by atoms with E-state index in [9.17, 15) is 0 Å². The van der Waals surface area contributed by atoms with E-state index in [1.54, 1.807) is 0 Å². The van der Waals surface area contributed by atoms with Gasteiger partial charge in [-0.25, -0.2) is 9.97 Å². The first-order valence-electron chi connectivity index (χ1n) is 6.96. The molecule has 1 saturated heterocycles. The summed E-state index contributed by atoms with van der Waals surface area (Å²) in [5, 5.41) is 1.35. The van der Waals surface area contributed by atoms with E-state index in [4.69, 9.17) is 21.1 Å². The van der Waals surface area contributed by atoms with Gasteiger partial charge >= 0.3 is 0 Å². The second kappa shape index (κ2) is 6.08. The predicted molar refractivity (Wildman–Crippen MR) is 76.8 cm³/mol. The number of hydrogen-bond acceptors (Lipinski definition) is 4. The van der Waals surface area contributed by atoms with E-state index in [0.717, 1.165) is 30.5 Å². The predicted octanol–water partition coefficient (Wildman–Crippen LogP) is 3.19. The molecule has 0 radical (unpaired) electrons. The van der Waals surface area contributed by atoms with Crippen LogP contribution in [-0.2, 0) is 9.47 Å². The Labute approximate surface area is 122 Å². The molecule has 1 fully saturated rings. The van der Waals surface area contributed by atoms with Crippen LogP contribution in [0.5, 0.6) is 0 Å². The number of aromatic nitrogens is 3. The molecule has 2 unspecified atom stereocenters. The third-order valence-corrected chi connectivity index (χ3v) is 3.90. The highest BCUT2D eigenvalue weighted by Crippen LogP contribution is 2.24. The van der Waals surface area contributed by atoms with Gasteiger partial charge in [0, 0.05) is 12.8 Å². The van der Waals surface area contributed by atoms with Gasteiger partial charge < -0.3 is 14.0 Å². The zero-order valence-electron chi connectivity index (χ0n) is 11.5. The summed E-state index contributed by atoms with van der Waals surface area (Å²) in [6, 6.07) is 2.11. The van der Waals surface area contributed by atoms with Crippen molar-refractivity contribution >= 4 is 22.6 Å². The summed E-state index contributed by atoms with van der Waals surface area (Å²) in [6.07, 6.45) is 6.68. The highest BCUT2D eigenvalue weighted by atomic mass is 35.5. The highest BCUT2D eigenvalue weighted by Gasteiger charge is 2.17. The monoisotopic (exact) mass is 295 g/mol. The minimum Gasteiger partial charge on any atom is -0.353 e. The molecule has 0 aliphatic carbocycles. The van der Waals surface area contributed by atoms with E-state index in [-0.39, 0.29) is 12.3 Å². The van der Waals surface area contributed by atoms with Gasteiger partial charge in [0.25, 0.3) is 0 Å². The van der Waals surface area contributed by atoms with Crippen LogP contribution in [0.15, 0.2) is 18.6 Å². The van der Waals surface area contributed by atoms with Crippen LogP contribution >= 0.6 is 11.6 Å². The van der Waals surface area contributed by atoms with Gasteiger partial charge in [-0.15, -0.1) is 0 Å². The molecular weight excluding hydrogens is 278 g/mol. The molecule has 0 bridgehead atoms. The van der Waals surface area contributed by atoms with Gasteiger partial charge in [0.1, 0.15) is 17.1 Å². The minimum atomic E-state index is -0.0637. The Bertz CT molecular complexity index is 581. The van der Waals surface area contributed by atoms with Gasteiger partial charge in [-0.2, -0.15) is 0 Å². The van der Waals surface area contributed by atoms with E-state index in [0.29, 0.717) is 11.8 Å². The Morgan fingerprint density at radius 2 is 2.40 bits per heavy atom. The van der Waals surface area contributed by atoms with E-state index in [1.165, 1.54) is 12.7 Å². The molecule has 1 aliphatic heterocycles. The summed E-state index contributed by atoms with van der Waals surface area (Å²) in [4.78, 5) is 8.29. The summed E-state index contributed by atoms with van der Waals surface area (Å²) in [5.74, 6) is 0. The van der Waals surface area contributed by atoms with Crippen LogP contribution in [-0.4, -0.2) is 34.0 Å². The maximum absolute atomic E-state index is 6.06. The topological polar surface area (TPSA) is 49.2 Å². The summed E-state index contributed by atoms with van der Waals surface area (Å²) in [5.41, 5.74) is 0.839. The second-order valence-electron chi connectivity index (χ2n) is 5.10. The van der Waals surface area contributed by atoms with Crippen molar-refractivity contribution in [3.63, 3.8) is 0 Å². The van der Waals surface area contributed by atoms with Crippen molar-refractivity contribution in [2.24, 2.45) is 0 Å². The first kappa shape index (κ1) is 13.8. The van der Waals surface area contributed by atoms with Crippen molar-refractivity contribution in [3.05, 3.63) is 23.7 Å². The van der Waals surface area contributed by atoms with E-state index >= 15 is 0 Å². The van der Waals surface area contributed by atoms with Crippen LogP contribution in [0.2, 0.25) is 5.15 Å². The molecule has 3 rings (SSSR count). The summed E-state index contributed by atoms with van der Waals surface area (Å²) in [6.45, 7) is 3.49. The number of rotatable bonds is 4. The van der Waals surface area contributed by atoms with Crippen molar-refractivity contribution < 1.29 is 9.47 Å². The first-order valence-corrected chi connectivity index (χ1v) is 7.34. The number of hydrogen-bond donors (Lipinski definition) is 0. The lowest BCUT2D eigenvalue weighted by Crippen LogP contribution is -2.25. The van der Waals surface area contributed by atoms with Gasteiger partial charge in [0.15, 0.2) is 6.29 Å². The molecule has 1 aliphatic rings. The van der Waals surface area contributed by atoms with Crippen molar-refractivity contribution in [2.45, 2.75) is 38.5 Å². The fraction of sp³-hybridized carbons (Fsp3) is 0.571. The highest BCUT2D eigenvalue weighted by molar-refractivity contribution is 6.33. The van der Waals surface area contributed by atoms with Crippen LogP contribution in [0.25, 0.3) is 11.0 Å². The molecule has 108 valence electrons. The molecule has 0 N–H and O–H groups in total. The Morgan fingerprint density at radius 1 is 1.50 bits per heavy atom. The van der Waals surface area contributed by atoms with Gasteiger partial charge in [-0.1, -0.05) is 11.6 Å². The molecule has 2 aromatic rings. The fourth-order valence-electron chi connectivity index (χ4n) is 2.47. The Balaban J connectivity index is 1.69. The molecule has 0 saturated carbocycles. The fourth-order valence-corrected chi connectivity index (χ4v) is 2.66. The smallest absolute Gasteiger partial charge is 0.157 e. The van der Waals surface area contributed by atoms with Crippen LogP contribution in [0.3, 0.4) is 0 Å². The van der Waals surface area contributed by atoms with E-state index in [1.807, 2.05) is 12.3 Å². The van der Waals surface area contributed by atoms with Crippen LogP contribution < -0.4 is 0 Å². The van der Waals surface area contributed by atoms with E-state index in [2.05, 4.69) is 21.5 Å². The van der Waals surface area contributed by atoms with Gasteiger partial charge in [-0.05, 0) is 32.3 Å². The standard InChI is InChI=1S/C14H18ClN3O2/c1-10(8-20-12-4-2-3-7-19-12)18-6-5-11-13(15)16-9-17-14(11)18/h5-6,9-10,12H,2-4,7-8H2,1H3. The Morgan fingerprint density at radius 3 is 3.20 bits per heavy atom. The van der Waals surface area contributed by atoms with Crippen molar-refractivity contribution in [1.29, 1.82) is 0 Å². The van der Waals surface area contributed by atoms with Crippen LogP contribution in [0.4, 0.5) is 0 Å². The molecule has 0 amide bonds. The second-order valence-corrected chi connectivity index (χ2v) is 5.46. The van der Waals surface area contributed by atoms with Crippen molar-refractivity contribution in [3.8, 4) is 0 Å². The largest absolute Gasteiger partial charge is 0.353 e. The quantitative estimate of drug-likeness (QED) is 0.813. The summed E-state index contributed by atoms with van der Waals surface area (Å²) < 4.78 is 13.5. The SMILES string of the molecule is CC(COC1CCCCO1)n1ccc2c(Cl)ncnc21. The lowest BCUT2D eigenvalue weighted by molar-refractivity contribution is -0.166. The molecule has 5 nitrogen and oxygen atoms in total. The lowest BCUT2D eigenvalue weighted by Gasteiger charge is -2.24. The van der Waals surface area contributed by atoms with Crippen molar-refractivity contribution in [1.82, 2.24) is 14.5 Å². The third-order valence-electron chi connectivity index (χ3n) is 3.60. The molecule has 0 aromatic carbocycles. The minimum absolute atomic E-state index is 0.0637. The maximum atomic E-state index is 6.06. The first-order chi connectivity index (χ1) is 9.75. The molecule has 2 aromatic heterocycles. The summed E-state index contributed by atoms with van der Waals surface area (Å²) in [7, 11) is 0. The van der Waals surface area contributed by atoms with E-state index < -0.39 is 0 Å². The lowest BCUT2D eigenvalue weighted by atomic mass is 10.2. The Hall–Kier alpha value is -1.17. The molecule has 2 atom stereocenters. The number of halogens is 1. The normalized spacial score (nSPS) is 21.2. The molecule has 0 spiro atoms. The molecule has 6 heteroatoms. The Kier molecular flexibility index (Phi) is 4.19. The van der Waals surface area contributed by atoms with Crippen LogP contribution in [0.1, 0.15) is 32.2 Å². The number of ether oxygens (including phenoxy) is 2. The maximum Gasteiger partial charge on any atom is 0.157 e. The number of fused-ring (bicyclic) bond motifs is 1. The summed E-state index contributed by atoms with van der Waals surface area (Å²) >= 11 is 6.06. The zero-order valence-corrected chi connectivity index (χ0v) is 12.2.